The van der Waals surface area contributed by atoms with E-state index >= 15 is 0 Å². The van der Waals surface area contributed by atoms with E-state index < -0.39 is 11.8 Å². The minimum Gasteiger partial charge on any atom is -0.405 e. The Kier molecular flexibility index (Phi) is 5.16. The van der Waals surface area contributed by atoms with Crippen molar-refractivity contribution in [1.82, 2.24) is 20.2 Å². The zero-order chi connectivity index (χ0) is 27.0. The first-order chi connectivity index (χ1) is 18.7. The summed E-state index contributed by atoms with van der Waals surface area (Å²) in [6, 6.07) is 14.4. The number of fused-ring (bicyclic) bond motifs is 2. The molecule has 1 saturated carbocycles. The van der Waals surface area contributed by atoms with Crippen LogP contribution in [-0.2, 0) is 11.8 Å². The van der Waals surface area contributed by atoms with Crippen LogP contribution in [0.4, 0.5) is 19.1 Å². The summed E-state index contributed by atoms with van der Waals surface area (Å²) in [5, 5.41) is 7.53. The Morgan fingerprint density at radius 2 is 1.74 bits per heavy atom. The van der Waals surface area contributed by atoms with Crippen LogP contribution in [0.15, 0.2) is 53.3 Å². The van der Waals surface area contributed by atoms with Crippen LogP contribution in [0.5, 0.6) is 5.75 Å². The number of ether oxygens (including phenoxy) is 1. The molecule has 0 bridgehead atoms. The number of nitrogens with two attached hydrogens (primary N) is 1. The maximum absolute atomic E-state index is 13.4. The van der Waals surface area contributed by atoms with Crippen LogP contribution in [0.3, 0.4) is 0 Å². The molecule has 2 aliphatic carbocycles. The minimum absolute atomic E-state index is 0.00400. The summed E-state index contributed by atoms with van der Waals surface area (Å²) in [6.45, 7) is 1.40. The molecule has 3 heterocycles. The molecule has 11 heteroatoms. The molecule has 0 radical (unpaired) electrons. The van der Waals surface area contributed by atoms with E-state index in [-0.39, 0.29) is 28.2 Å². The lowest BCUT2D eigenvalue weighted by atomic mass is 9.73. The number of nitrogens with zero attached hydrogens (tertiary/aromatic N) is 3. The van der Waals surface area contributed by atoms with E-state index in [2.05, 4.69) is 48.0 Å². The molecule has 202 valence electrons. The van der Waals surface area contributed by atoms with Gasteiger partial charge < -0.3 is 15.4 Å². The molecule has 1 aliphatic heterocycles. The van der Waals surface area contributed by atoms with Gasteiger partial charge in [0.2, 0.25) is 5.95 Å². The van der Waals surface area contributed by atoms with Crippen molar-refractivity contribution in [1.29, 1.82) is 0 Å². The van der Waals surface area contributed by atoms with Gasteiger partial charge in [-0.2, -0.15) is 10.1 Å². The fourth-order valence-electron chi connectivity index (χ4n) is 6.73. The second kappa shape index (κ2) is 8.32. The predicted molar refractivity (Wildman–Crippen MR) is 139 cm³/mol. The van der Waals surface area contributed by atoms with Crippen LogP contribution in [-0.4, -0.2) is 39.6 Å². The normalized spacial score (nSPS) is 21.3. The summed E-state index contributed by atoms with van der Waals surface area (Å²) < 4.78 is 43.5. The van der Waals surface area contributed by atoms with Crippen LogP contribution < -0.4 is 20.9 Å². The van der Waals surface area contributed by atoms with Gasteiger partial charge in [-0.1, -0.05) is 42.5 Å². The maximum atomic E-state index is 13.4. The summed E-state index contributed by atoms with van der Waals surface area (Å²) in [5.41, 5.74) is 9.08. The van der Waals surface area contributed by atoms with Crippen LogP contribution >= 0.6 is 0 Å². The van der Waals surface area contributed by atoms with Gasteiger partial charge >= 0.3 is 6.36 Å². The topological polar surface area (TPSA) is 113 Å². The lowest BCUT2D eigenvalue weighted by Crippen LogP contribution is -2.45. The highest BCUT2D eigenvalue weighted by molar-refractivity contribution is 5.81. The Morgan fingerprint density at radius 1 is 1.03 bits per heavy atom. The van der Waals surface area contributed by atoms with Gasteiger partial charge in [-0.3, -0.25) is 14.9 Å². The van der Waals surface area contributed by atoms with Crippen LogP contribution in [0, 0.1) is 5.41 Å². The van der Waals surface area contributed by atoms with Gasteiger partial charge in [0.1, 0.15) is 11.1 Å². The van der Waals surface area contributed by atoms with Crippen molar-refractivity contribution in [2.75, 3.05) is 18.0 Å². The molecule has 1 spiro atoms. The third kappa shape index (κ3) is 3.82. The molecular weight excluding hydrogens is 509 g/mol. The van der Waals surface area contributed by atoms with Crippen LogP contribution in [0.25, 0.3) is 11.0 Å². The van der Waals surface area contributed by atoms with E-state index in [0.717, 1.165) is 19.3 Å². The number of nitrogens with one attached hydrogen (secondary N) is 2. The lowest BCUT2D eigenvalue weighted by molar-refractivity contribution is -0.275. The number of anilines is 1. The molecule has 1 atom stereocenters. The number of alkyl halides is 3. The van der Waals surface area contributed by atoms with Gasteiger partial charge in [0.05, 0.1) is 5.69 Å². The lowest BCUT2D eigenvalue weighted by Gasteiger charge is -2.42. The van der Waals surface area contributed by atoms with E-state index in [9.17, 15) is 18.0 Å². The summed E-state index contributed by atoms with van der Waals surface area (Å²) in [5.74, 6) is 0.168. The van der Waals surface area contributed by atoms with Crippen molar-refractivity contribution in [3.8, 4) is 5.75 Å². The fraction of sp³-hybridized carbons (Fsp3) is 0.393. The molecule has 4 N–H and O–H groups in total. The van der Waals surface area contributed by atoms with Crippen LogP contribution in [0.1, 0.15) is 54.1 Å². The Labute approximate surface area is 221 Å². The minimum atomic E-state index is -4.83. The Bertz CT molecular complexity index is 1630. The first-order valence-corrected chi connectivity index (χ1v) is 13.1. The highest BCUT2D eigenvalue weighted by Gasteiger charge is 2.52. The molecule has 0 amide bonds. The second-order valence-electron chi connectivity index (χ2n) is 11.0. The largest absolute Gasteiger partial charge is 0.573 e. The number of hydrogen-bond acceptors (Lipinski definition) is 6. The van der Waals surface area contributed by atoms with E-state index in [1.165, 1.54) is 23.3 Å². The van der Waals surface area contributed by atoms with Gasteiger partial charge in [0.25, 0.3) is 5.56 Å². The predicted octanol–water partition coefficient (Wildman–Crippen LogP) is 4.47. The number of aromatic amines is 2. The molecule has 7 rings (SSSR count). The number of aromatic nitrogens is 4. The van der Waals surface area contributed by atoms with Crippen molar-refractivity contribution in [3.63, 3.8) is 0 Å². The highest BCUT2D eigenvalue weighted by atomic mass is 19.4. The third-order valence-electron chi connectivity index (χ3n) is 8.90. The molecular formula is C28H27F3N6O2. The molecule has 4 aromatic rings. The van der Waals surface area contributed by atoms with E-state index in [1.807, 2.05) is 6.07 Å². The van der Waals surface area contributed by atoms with Gasteiger partial charge in [-0.25, -0.2) is 0 Å². The first-order valence-electron chi connectivity index (χ1n) is 13.1. The molecule has 0 unspecified atom stereocenters. The average Bonchev–Trinajstić information content (AvgIpc) is 3.51. The molecule has 2 fully saturated rings. The number of halogens is 3. The standard InChI is InChI=1S/C28H27F3N6O2/c29-28(30,31)39-19-8-4-3-7-18(19)27(9-10-27)22-20-23(36-35-22)33-25(34-24(20)38)37-13-11-26(12-14-37)15-16-5-1-2-6-17(16)21(26)32/h1-8,21H,9-15,32H2,(H2,33,34,35,36,38)/t21-/m1/s1. The summed E-state index contributed by atoms with van der Waals surface area (Å²) in [6.07, 6.45) is -1.04. The van der Waals surface area contributed by atoms with Gasteiger partial charge in [0.15, 0.2) is 5.65 Å². The Morgan fingerprint density at radius 3 is 2.46 bits per heavy atom. The van der Waals surface area contributed by atoms with Crippen molar-refractivity contribution >= 4 is 17.0 Å². The summed E-state index contributed by atoms with van der Waals surface area (Å²) >= 11 is 0. The van der Waals surface area contributed by atoms with E-state index in [4.69, 9.17) is 5.73 Å². The summed E-state index contributed by atoms with van der Waals surface area (Å²) in [4.78, 5) is 23.0. The number of rotatable bonds is 4. The zero-order valence-corrected chi connectivity index (χ0v) is 21.0. The molecule has 39 heavy (non-hydrogen) atoms. The second-order valence-corrected chi connectivity index (χ2v) is 11.0. The van der Waals surface area contributed by atoms with Crippen molar-refractivity contribution < 1.29 is 17.9 Å². The highest BCUT2D eigenvalue weighted by Crippen LogP contribution is 2.57. The fourth-order valence-corrected chi connectivity index (χ4v) is 6.73. The smallest absolute Gasteiger partial charge is 0.405 e. The monoisotopic (exact) mass is 536 g/mol. The third-order valence-corrected chi connectivity index (χ3v) is 8.90. The number of H-pyrrole nitrogens is 2. The molecule has 3 aliphatic rings. The maximum Gasteiger partial charge on any atom is 0.573 e. The van der Waals surface area contributed by atoms with Gasteiger partial charge in [-0.15, -0.1) is 13.2 Å². The number of hydrogen-bond donors (Lipinski definition) is 3. The molecule has 2 aromatic heterocycles. The van der Waals surface area contributed by atoms with Gasteiger partial charge in [0, 0.05) is 30.1 Å². The van der Waals surface area contributed by atoms with Crippen molar-refractivity contribution in [3.05, 3.63) is 81.3 Å². The van der Waals surface area contributed by atoms with Crippen molar-refractivity contribution in [2.45, 2.75) is 49.9 Å². The van der Waals surface area contributed by atoms with Gasteiger partial charge in [-0.05, 0) is 54.7 Å². The zero-order valence-electron chi connectivity index (χ0n) is 21.0. The Hall–Kier alpha value is -3.86. The molecule has 1 saturated heterocycles. The quantitative estimate of drug-likeness (QED) is 0.355. The average molecular weight is 537 g/mol. The number of benzene rings is 2. The van der Waals surface area contributed by atoms with Crippen molar-refractivity contribution in [2.24, 2.45) is 11.1 Å². The Balaban J connectivity index is 1.17. The van der Waals surface area contributed by atoms with E-state index in [1.54, 1.807) is 12.1 Å². The summed E-state index contributed by atoms with van der Waals surface area (Å²) in [7, 11) is 0. The first kappa shape index (κ1) is 24.2. The van der Waals surface area contributed by atoms with Crippen LogP contribution in [0.2, 0.25) is 0 Å². The molecule has 2 aromatic carbocycles. The van der Waals surface area contributed by atoms with E-state index in [0.29, 0.717) is 48.8 Å². The number of piperidine rings is 1. The number of para-hydroxylation sites is 1. The molecule has 8 nitrogen and oxygen atoms in total. The SMILES string of the molecule is N[C@@H]1c2ccccc2CC12CCN(c1nc3[nH]nc(C4(c5ccccc5OC(F)(F)F)CC4)c3c(=O)[nH]1)CC2.